The summed E-state index contributed by atoms with van der Waals surface area (Å²) in [4.78, 5) is 11.4. The summed E-state index contributed by atoms with van der Waals surface area (Å²) < 4.78 is 10.6. The van der Waals surface area contributed by atoms with Gasteiger partial charge >= 0.3 is 0 Å². The third-order valence-corrected chi connectivity index (χ3v) is 2.40. The Balaban J connectivity index is 2.42. The second-order valence-electron chi connectivity index (χ2n) is 3.41. The SMILES string of the molecule is COC1=C(C(C)=O)Cc2ccccc2O1. The first-order valence-electron chi connectivity index (χ1n) is 4.76. The minimum Gasteiger partial charge on any atom is -0.468 e. The van der Waals surface area contributed by atoms with E-state index in [1.165, 1.54) is 14.0 Å². The summed E-state index contributed by atoms with van der Waals surface area (Å²) in [5.74, 6) is 1.07. The second kappa shape index (κ2) is 3.77. The third-order valence-electron chi connectivity index (χ3n) is 2.40. The van der Waals surface area contributed by atoms with E-state index in [0.29, 0.717) is 17.9 Å². The molecule has 0 aromatic heterocycles. The highest BCUT2D eigenvalue weighted by Crippen LogP contribution is 2.30. The molecular weight excluding hydrogens is 192 g/mol. The van der Waals surface area contributed by atoms with Crippen molar-refractivity contribution in [3.8, 4) is 5.75 Å². The van der Waals surface area contributed by atoms with Crippen LogP contribution in [0.3, 0.4) is 0 Å². The molecule has 3 heteroatoms. The molecular formula is C12H12O3. The maximum atomic E-state index is 11.4. The normalized spacial score (nSPS) is 14.3. The molecule has 0 spiro atoms. The number of ether oxygens (including phenoxy) is 2. The number of benzene rings is 1. The predicted octanol–water partition coefficient (Wildman–Crippen LogP) is 2.07. The minimum atomic E-state index is -0.0126. The summed E-state index contributed by atoms with van der Waals surface area (Å²) in [6, 6.07) is 7.64. The Kier molecular flexibility index (Phi) is 2.46. The van der Waals surface area contributed by atoms with Gasteiger partial charge in [0.05, 0.1) is 12.7 Å². The molecule has 0 atom stereocenters. The molecule has 0 saturated carbocycles. The minimum absolute atomic E-state index is 0.0126. The molecule has 3 nitrogen and oxygen atoms in total. The smallest absolute Gasteiger partial charge is 0.291 e. The van der Waals surface area contributed by atoms with Gasteiger partial charge in [0, 0.05) is 6.42 Å². The van der Waals surface area contributed by atoms with Crippen molar-refractivity contribution in [1.82, 2.24) is 0 Å². The summed E-state index contributed by atoms with van der Waals surface area (Å²) in [5, 5.41) is 0. The monoisotopic (exact) mass is 204 g/mol. The van der Waals surface area contributed by atoms with E-state index in [1.54, 1.807) is 0 Å². The van der Waals surface area contributed by atoms with Crippen LogP contribution in [-0.2, 0) is 16.0 Å². The Morgan fingerprint density at radius 1 is 1.40 bits per heavy atom. The van der Waals surface area contributed by atoms with Crippen molar-refractivity contribution in [2.45, 2.75) is 13.3 Å². The molecule has 1 aromatic carbocycles. The van der Waals surface area contributed by atoms with Crippen LogP contribution in [0, 0.1) is 0 Å². The molecule has 15 heavy (non-hydrogen) atoms. The molecule has 1 aliphatic heterocycles. The lowest BCUT2D eigenvalue weighted by Crippen LogP contribution is -2.16. The number of para-hydroxylation sites is 1. The van der Waals surface area contributed by atoms with E-state index in [-0.39, 0.29) is 5.78 Å². The van der Waals surface area contributed by atoms with Crippen LogP contribution in [0.25, 0.3) is 0 Å². The van der Waals surface area contributed by atoms with Gasteiger partial charge in [0.15, 0.2) is 5.78 Å². The fourth-order valence-corrected chi connectivity index (χ4v) is 1.61. The summed E-state index contributed by atoms with van der Waals surface area (Å²) in [6.45, 7) is 1.52. The zero-order chi connectivity index (χ0) is 10.8. The van der Waals surface area contributed by atoms with Gasteiger partial charge in [-0.05, 0) is 18.6 Å². The van der Waals surface area contributed by atoms with Crippen molar-refractivity contribution in [3.63, 3.8) is 0 Å². The zero-order valence-corrected chi connectivity index (χ0v) is 8.74. The van der Waals surface area contributed by atoms with Gasteiger partial charge in [-0.15, -0.1) is 0 Å². The molecule has 1 aromatic rings. The van der Waals surface area contributed by atoms with Crippen LogP contribution in [0.1, 0.15) is 12.5 Å². The van der Waals surface area contributed by atoms with Crippen LogP contribution in [-0.4, -0.2) is 12.9 Å². The van der Waals surface area contributed by atoms with Crippen LogP contribution >= 0.6 is 0 Å². The second-order valence-corrected chi connectivity index (χ2v) is 3.41. The Bertz CT molecular complexity index is 432. The van der Waals surface area contributed by atoms with E-state index in [9.17, 15) is 4.79 Å². The van der Waals surface area contributed by atoms with E-state index < -0.39 is 0 Å². The van der Waals surface area contributed by atoms with Gasteiger partial charge in [-0.2, -0.15) is 0 Å². The number of allylic oxidation sites excluding steroid dienone is 1. The molecule has 1 heterocycles. The Labute approximate surface area is 88.3 Å². The highest BCUT2D eigenvalue weighted by molar-refractivity contribution is 5.94. The average molecular weight is 204 g/mol. The predicted molar refractivity (Wildman–Crippen MR) is 55.5 cm³/mol. The van der Waals surface area contributed by atoms with Crippen molar-refractivity contribution in [1.29, 1.82) is 0 Å². The number of carbonyl (C=O) groups is 1. The van der Waals surface area contributed by atoms with Crippen molar-refractivity contribution in [2.75, 3.05) is 7.11 Å². The van der Waals surface area contributed by atoms with Gasteiger partial charge in [-0.1, -0.05) is 18.2 Å². The van der Waals surface area contributed by atoms with Crippen molar-refractivity contribution in [3.05, 3.63) is 41.3 Å². The van der Waals surface area contributed by atoms with E-state index >= 15 is 0 Å². The summed E-state index contributed by atoms with van der Waals surface area (Å²) in [5.41, 5.74) is 1.61. The van der Waals surface area contributed by atoms with Crippen LogP contribution in [0.5, 0.6) is 5.75 Å². The zero-order valence-electron chi connectivity index (χ0n) is 8.74. The van der Waals surface area contributed by atoms with Gasteiger partial charge in [-0.25, -0.2) is 0 Å². The number of hydrogen-bond donors (Lipinski definition) is 0. The van der Waals surface area contributed by atoms with Gasteiger partial charge in [0.25, 0.3) is 5.95 Å². The lowest BCUT2D eigenvalue weighted by molar-refractivity contribution is -0.114. The highest BCUT2D eigenvalue weighted by atomic mass is 16.7. The fourth-order valence-electron chi connectivity index (χ4n) is 1.61. The van der Waals surface area contributed by atoms with Crippen LogP contribution < -0.4 is 4.74 Å². The number of hydrogen-bond acceptors (Lipinski definition) is 3. The molecule has 0 saturated heterocycles. The topological polar surface area (TPSA) is 35.5 Å². The number of Topliss-reactive ketones (excluding diaryl/α,β-unsaturated/α-hetero) is 1. The number of ketones is 1. The molecule has 0 radical (unpaired) electrons. The van der Waals surface area contributed by atoms with Gasteiger partial charge < -0.3 is 9.47 Å². The van der Waals surface area contributed by atoms with Gasteiger partial charge in [0.2, 0.25) is 0 Å². The van der Waals surface area contributed by atoms with Crippen molar-refractivity contribution in [2.24, 2.45) is 0 Å². The first-order valence-corrected chi connectivity index (χ1v) is 4.76. The van der Waals surface area contributed by atoms with E-state index in [0.717, 1.165) is 11.3 Å². The Hall–Kier alpha value is -1.77. The first-order chi connectivity index (χ1) is 7.22. The number of rotatable bonds is 2. The summed E-state index contributed by atoms with van der Waals surface area (Å²) in [7, 11) is 1.51. The first kappa shape index (κ1) is 9.77. The molecule has 0 fully saturated rings. The van der Waals surface area contributed by atoms with Crippen LogP contribution in [0.2, 0.25) is 0 Å². The molecule has 0 unspecified atom stereocenters. The average Bonchev–Trinajstić information content (AvgIpc) is 2.27. The number of methoxy groups -OCH3 is 1. The van der Waals surface area contributed by atoms with Crippen molar-refractivity contribution >= 4 is 5.78 Å². The molecule has 2 rings (SSSR count). The highest BCUT2D eigenvalue weighted by Gasteiger charge is 2.22. The molecule has 0 N–H and O–H groups in total. The van der Waals surface area contributed by atoms with Crippen LogP contribution in [0.15, 0.2) is 35.8 Å². The quantitative estimate of drug-likeness (QED) is 0.739. The molecule has 0 aliphatic carbocycles. The standard InChI is InChI=1S/C12H12O3/c1-8(13)10-7-9-5-3-4-6-11(9)15-12(10)14-2/h3-6H,7H2,1-2H3. The Morgan fingerprint density at radius 3 is 2.80 bits per heavy atom. The molecule has 78 valence electrons. The van der Waals surface area contributed by atoms with Crippen molar-refractivity contribution < 1.29 is 14.3 Å². The lowest BCUT2D eigenvalue weighted by Gasteiger charge is -2.20. The maximum Gasteiger partial charge on any atom is 0.291 e. The van der Waals surface area contributed by atoms with Gasteiger partial charge in [-0.3, -0.25) is 4.79 Å². The number of fused-ring (bicyclic) bond motifs is 1. The van der Waals surface area contributed by atoms with Gasteiger partial charge in [0.1, 0.15) is 5.75 Å². The summed E-state index contributed by atoms with van der Waals surface area (Å²) in [6.07, 6.45) is 0.578. The molecule has 0 amide bonds. The third kappa shape index (κ3) is 1.73. The fraction of sp³-hybridized carbons (Fsp3) is 0.250. The van der Waals surface area contributed by atoms with Crippen LogP contribution in [0.4, 0.5) is 0 Å². The summed E-state index contributed by atoms with van der Waals surface area (Å²) >= 11 is 0. The maximum absolute atomic E-state index is 11.4. The number of carbonyl (C=O) groups excluding carboxylic acids is 1. The Morgan fingerprint density at radius 2 is 2.13 bits per heavy atom. The largest absolute Gasteiger partial charge is 0.468 e. The van der Waals surface area contributed by atoms with E-state index in [1.807, 2.05) is 24.3 Å². The molecule has 0 bridgehead atoms. The lowest BCUT2D eigenvalue weighted by atomic mass is 10.0. The molecule has 1 aliphatic rings. The van der Waals surface area contributed by atoms with E-state index in [2.05, 4.69) is 0 Å². The van der Waals surface area contributed by atoms with E-state index in [4.69, 9.17) is 9.47 Å².